The van der Waals surface area contributed by atoms with Gasteiger partial charge < -0.3 is 5.11 Å². The summed E-state index contributed by atoms with van der Waals surface area (Å²) in [4.78, 5) is 9.31. The molecule has 0 bridgehead atoms. The van der Waals surface area contributed by atoms with Gasteiger partial charge in [-0.05, 0) is 31.9 Å². The molecule has 0 radical (unpaired) electrons. The van der Waals surface area contributed by atoms with Crippen molar-refractivity contribution in [2.24, 2.45) is 9.98 Å². The van der Waals surface area contributed by atoms with Crippen LogP contribution in [0, 0.1) is 11.6 Å². The van der Waals surface area contributed by atoms with Crippen LogP contribution in [-0.2, 0) is 6.42 Å². The smallest absolute Gasteiger partial charge is 0.129 e. The van der Waals surface area contributed by atoms with Crippen molar-refractivity contribution in [2.45, 2.75) is 46.5 Å². The van der Waals surface area contributed by atoms with Crippen LogP contribution in [-0.4, -0.2) is 29.6 Å². The van der Waals surface area contributed by atoms with Gasteiger partial charge in [-0.1, -0.05) is 57.5 Å². The number of hydrogen-bond donors (Lipinski definition) is 1. The van der Waals surface area contributed by atoms with E-state index in [1.54, 1.807) is 19.1 Å². The van der Waals surface area contributed by atoms with Crippen molar-refractivity contribution in [1.29, 1.82) is 0 Å². The lowest BCUT2D eigenvalue weighted by Crippen LogP contribution is -2.19. The average Bonchev–Trinajstić information content (AvgIpc) is 2.72. The van der Waals surface area contributed by atoms with Gasteiger partial charge in [0.05, 0.1) is 11.4 Å². The van der Waals surface area contributed by atoms with Gasteiger partial charge in [-0.3, -0.25) is 9.98 Å². The number of aliphatic hydroxyl groups is 1. The monoisotopic (exact) mass is 412 g/mol. The van der Waals surface area contributed by atoms with Crippen molar-refractivity contribution < 1.29 is 13.9 Å². The number of nitrogens with zero attached hydrogens (tertiary/aromatic N) is 2. The molecule has 0 saturated carbocycles. The van der Waals surface area contributed by atoms with Crippen molar-refractivity contribution in [1.82, 2.24) is 0 Å². The van der Waals surface area contributed by atoms with Crippen LogP contribution in [0.2, 0.25) is 0 Å². The number of benzene rings is 2. The molecule has 1 N–H and O–H groups in total. The van der Waals surface area contributed by atoms with E-state index in [1.807, 2.05) is 19.1 Å². The van der Waals surface area contributed by atoms with E-state index in [2.05, 4.69) is 18.5 Å². The van der Waals surface area contributed by atoms with Crippen LogP contribution in [0.1, 0.15) is 62.3 Å². The van der Waals surface area contributed by atoms with Crippen molar-refractivity contribution in [2.75, 3.05) is 13.1 Å². The summed E-state index contributed by atoms with van der Waals surface area (Å²) < 4.78 is 29.0. The van der Waals surface area contributed by atoms with E-state index in [0.29, 0.717) is 35.6 Å². The summed E-state index contributed by atoms with van der Waals surface area (Å²) in [5, 5.41) is 9.60. The van der Waals surface area contributed by atoms with Gasteiger partial charge in [0.1, 0.15) is 17.4 Å². The van der Waals surface area contributed by atoms with Crippen LogP contribution in [0.25, 0.3) is 5.76 Å². The van der Waals surface area contributed by atoms with Crippen molar-refractivity contribution in [3.8, 4) is 0 Å². The summed E-state index contributed by atoms with van der Waals surface area (Å²) in [6.07, 6.45) is 3.32. The highest BCUT2D eigenvalue weighted by Crippen LogP contribution is 2.20. The summed E-state index contributed by atoms with van der Waals surface area (Å²) in [6, 6.07) is 9.78. The van der Waals surface area contributed by atoms with Crippen LogP contribution in [0.4, 0.5) is 8.78 Å². The Labute approximate surface area is 177 Å². The minimum Gasteiger partial charge on any atom is -0.508 e. The first-order valence-electron chi connectivity index (χ1n) is 10.5. The maximum atomic E-state index is 14.5. The normalized spacial score (nSPS) is 12.3. The third kappa shape index (κ3) is 5.85. The van der Waals surface area contributed by atoms with E-state index in [1.165, 1.54) is 12.1 Å². The maximum absolute atomic E-state index is 14.5. The minimum atomic E-state index is -0.575. The largest absolute Gasteiger partial charge is 0.508 e. The molecule has 160 valence electrons. The van der Waals surface area contributed by atoms with Crippen molar-refractivity contribution in [3.63, 3.8) is 0 Å². The number of aliphatic imine (C=N–C) groups is 2. The van der Waals surface area contributed by atoms with Gasteiger partial charge in [0.25, 0.3) is 0 Å². The van der Waals surface area contributed by atoms with Gasteiger partial charge in [-0.2, -0.15) is 0 Å². The fraction of sp³-hybridized carbons (Fsp3) is 0.360. The number of hydrogen-bond acceptors (Lipinski definition) is 3. The lowest BCUT2D eigenvalue weighted by Gasteiger charge is -2.14. The number of aliphatic hydroxyl groups excluding tert-OH is 1. The number of unbranched alkanes of at least 4 members (excludes halogenated alkanes) is 2. The van der Waals surface area contributed by atoms with Crippen molar-refractivity contribution >= 4 is 17.2 Å². The molecule has 0 aliphatic heterocycles. The third-order valence-corrected chi connectivity index (χ3v) is 4.83. The van der Waals surface area contributed by atoms with Crippen LogP contribution in [0.15, 0.2) is 53.0 Å². The van der Waals surface area contributed by atoms with E-state index >= 15 is 0 Å². The molecule has 0 saturated heterocycles. The summed E-state index contributed by atoms with van der Waals surface area (Å²) >= 11 is 0. The Morgan fingerprint density at radius 2 is 1.43 bits per heavy atom. The molecule has 0 unspecified atom stereocenters. The SMILES string of the molecule is C=C(O)c1ccc(C(=NCCCCC)C(=NCC)c2cc(F)c(CC)c(F)c2)cc1. The minimum absolute atomic E-state index is 0.0234. The zero-order valence-corrected chi connectivity index (χ0v) is 18.0. The molecule has 2 aromatic carbocycles. The molecular weight excluding hydrogens is 382 g/mol. The first-order valence-corrected chi connectivity index (χ1v) is 10.5. The molecule has 0 fully saturated rings. The van der Waals surface area contributed by atoms with Crippen LogP contribution in [0.3, 0.4) is 0 Å². The van der Waals surface area contributed by atoms with Crippen LogP contribution < -0.4 is 0 Å². The zero-order valence-electron chi connectivity index (χ0n) is 18.0. The number of rotatable bonds is 10. The Hall–Kier alpha value is -2.82. The van der Waals surface area contributed by atoms with E-state index in [0.717, 1.165) is 24.8 Å². The fourth-order valence-electron chi connectivity index (χ4n) is 3.21. The zero-order chi connectivity index (χ0) is 22.1. The van der Waals surface area contributed by atoms with E-state index in [-0.39, 0.29) is 17.7 Å². The Bertz CT molecular complexity index is 908. The Balaban J connectivity index is 2.57. The summed E-state index contributed by atoms with van der Waals surface area (Å²) in [7, 11) is 0. The Kier molecular flexibility index (Phi) is 8.90. The highest BCUT2D eigenvalue weighted by Gasteiger charge is 2.18. The Morgan fingerprint density at radius 1 is 0.867 bits per heavy atom. The maximum Gasteiger partial charge on any atom is 0.129 e. The molecule has 2 rings (SSSR count). The van der Waals surface area contributed by atoms with E-state index in [4.69, 9.17) is 4.99 Å². The van der Waals surface area contributed by atoms with Gasteiger partial charge in [-0.15, -0.1) is 0 Å². The highest BCUT2D eigenvalue weighted by molar-refractivity contribution is 6.53. The molecule has 5 heteroatoms. The van der Waals surface area contributed by atoms with Gasteiger partial charge in [0, 0.05) is 35.3 Å². The average molecular weight is 413 g/mol. The molecule has 30 heavy (non-hydrogen) atoms. The van der Waals surface area contributed by atoms with Gasteiger partial charge >= 0.3 is 0 Å². The second kappa shape index (κ2) is 11.4. The molecule has 0 amide bonds. The molecule has 0 spiro atoms. The lowest BCUT2D eigenvalue weighted by molar-refractivity contribution is 0.514. The Morgan fingerprint density at radius 3 is 1.93 bits per heavy atom. The summed E-state index contributed by atoms with van der Waals surface area (Å²) in [5.41, 5.74) is 2.86. The molecule has 0 atom stereocenters. The second-order valence-corrected chi connectivity index (χ2v) is 7.06. The predicted molar refractivity (Wildman–Crippen MR) is 122 cm³/mol. The molecule has 0 heterocycles. The van der Waals surface area contributed by atoms with Crippen LogP contribution in [0.5, 0.6) is 0 Å². The highest BCUT2D eigenvalue weighted by atomic mass is 19.1. The molecule has 0 aliphatic carbocycles. The van der Waals surface area contributed by atoms with Gasteiger partial charge in [0.15, 0.2) is 0 Å². The fourth-order valence-corrected chi connectivity index (χ4v) is 3.21. The van der Waals surface area contributed by atoms with Crippen LogP contribution >= 0.6 is 0 Å². The van der Waals surface area contributed by atoms with Gasteiger partial charge in [-0.25, -0.2) is 8.78 Å². The first-order chi connectivity index (χ1) is 14.4. The molecule has 2 aromatic rings. The molecule has 0 aliphatic rings. The summed E-state index contributed by atoms with van der Waals surface area (Å²) in [5.74, 6) is -1.17. The first kappa shape index (κ1) is 23.5. The molecule has 0 aromatic heterocycles. The lowest BCUT2D eigenvalue weighted by atomic mass is 9.96. The quantitative estimate of drug-likeness (QED) is 0.269. The van der Waals surface area contributed by atoms with Gasteiger partial charge in [0.2, 0.25) is 0 Å². The standard InChI is InChI=1S/C25H30F2N2O/c1-5-8-9-14-29-24(19-12-10-18(11-13-19)17(4)30)25(28-7-3)20-15-22(26)21(6-2)23(27)16-20/h10-13,15-16,30H,4-9,14H2,1-3H3. The van der Waals surface area contributed by atoms with E-state index < -0.39 is 11.6 Å². The third-order valence-electron chi connectivity index (χ3n) is 4.83. The predicted octanol–water partition coefficient (Wildman–Crippen LogP) is 6.54. The number of halogens is 2. The van der Waals surface area contributed by atoms with Crippen molar-refractivity contribution in [3.05, 3.63) is 76.9 Å². The van der Waals surface area contributed by atoms with E-state index in [9.17, 15) is 13.9 Å². The summed E-state index contributed by atoms with van der Waals surface area (Å²) in [6.45, 7) is 10.3. The topological polar surface area (TPSA) is 45.0 Å². The molecule has 3 nitrogen and oxygen atoms in total. The molecular formula is C25H30F2N2O. The second-order valence-electron chi connectivity index (χ2n) is 7.06.